The summed E-state index contributed by atoms with van der Waals surface area (Å²) in [4.78, 5) is 0. The summed E-state index contributed by atoms with van der Waals surface area (Å²) in [5, 5.41) is 10.7. The predicted molar refractivity (Wildman–Crippen MR) is 76.6 cm³/mol. The van der Waals surface area contributed by atoms with Gasteiger partial charge in [-0.15, -0.1) is 0 Å². The zero-order chi connectivity index (χ0) is 14.0. The highest BCUT2D eigenvalue weighted by atomic mass is 19.1. The first-order chi connectivity index (χ1) is 8.91. The molecule has 3 atom stereocenters. The van der Waals surface area contributed by atoms with E-state index in [1.165, 1.54) is 25.0 Å². The van der Waals surface area contributed by atoms with Crippen LogP contribution in [0.25, 0.3) is 0 Å². The van der Waals surface area contributed by atoms with Gasteiger partial charge in [0.15, 0.2) is 0 Å². The third kappa shape index (κ3) is 3.17. The minimum atomic E-state index is -0.360. The normalized spacial score (nSPS) is 26.2. The fourth-order valence-corrected chi connectivity index (χ4v) is 3.41. The first kappa shape index (κ1) is 14.5. The summed E-state index contributed by atoms with van der Waals surface area (Å²) in [6.07, 6.45) is 4.34. The zero-order valence-electron chi connectivity index (χ0n) is 12.2. The number of rotatable bonds is 3. The molecule has 0 saturated heterocycles. The molecule has 1 aromatic rings. The monoisotopic (exact) mass is 264 g/mol. The molecule has 1 fully saturated rings. The second-order valence-corrected chi connectivity index (χ2v) is 6.71. The molecule has 1 aromatic carbocycles. The van der Waals surface area contributed by atoms with Gasteiger partial charge in [-0.3, -0.25) is 0 Å². The predicted octanol–water partition coefficient (Wildman–Crippen LogP) is 4.29. The minimum Gasteiger partial charge on any atom is -0.392 e. The molecule has 1 aliphatic rings. The third-order valence-electron chi connectivity index (χ3n) is 4.75. The third-order valence-corrected chi connectivity index (χ3v) is 4.75. The summed E-state index contributed by atoms with van der Waals surface area (Å²) in [5.74, 6) is 0.849. The van der Waals surface area contributed by atoms with Gasteiger partial charge in [0, 0.05) is 5.41 Å². The quantitative estimate of drug-likeness (QED) is 0.863. The molecule has 0 bridgehead atoms. The lowest BCUT2D eigenvalue weighted by molar-refractivity contribution is 0.0180. The van der Waals surface area contributed by atoms with Gasteiger partial charge in [-0.1, -0.05) is 45.7 Å². The Kier molecular flexibility index (Phi) is 4.29. The standard InChI is InChI=1S/C17H25FO/c1-12-5-4-6-13(11-12)16(19)17(2,3)14-7-9-15(18)10-8-14/h7-10,12-13,16,19H,4-6,11H2,1-3H3. The number of halogens is 1. The highest BCUT2D eigenvalue weighted by molar-refractivity contribution is 5.26. The summed E-state index contributed by atoms with van der Waals surface area (Å²) < 4.78 is 13.0. The molecule has 106 valence electrons. The molecule has 0 aliphatic heterocycles. The van der Waals surface area contributed by atoms with E-state index in [4.69, 9.17) is 0 Å². The Labute approximate surface area is 115 Å². The van der Waals surface area contributed by atoms with Crippen molar-refractivity contribution in [2.24, 2.45) is 11.8 Å². The maximum absolute atomic E-state index is 13.0. The van der Waals surface area contributed by atoms with Crippen LogP contribution in [-0.2, 0) is 5.41 Å². The summed E-state index contributed by atoms with van der Waals surface area (Å²) in [6.45, 7) is 6.39. The maximum Gasteiger partial charge on any atom is 0.123 e. The van der Waals surface area contributed by atoms with E-state index in [1.54, 1.807) is 12.1 Å². The molecule has 1 saturated carbocycles. The van der Waals surface area contributed by atoms with E-state index in [0.29, 0.717) is 11.8 Å². The van der Waals surface area contributed by atoms with Crippen LogP contribution in [0.2, 0.25) is 0 Å². The molecule has 0 radical (unpaired) electrons. The summed E-state index contributed by atoms with van der Waals surface area (Å²) in [7, 11) is 0. The van der Waals surface area contributed by atoms with Crippen LogP contribution < -0.4 is 0 Å². The Balaban J connectivity index is 2.15. The lowest BCUT2D eigenvalue weighted by atomic mass is 9.69. The van der Waals surface area contributed by atoms with Crippen molar-refractivity contribution in [1.29, 1.82) is 0 Å². The smallest absolute Gasteiger partial charge is 0.123 e. The van der Waals surface area contributed by atoms with Gasteiger partial charge in [-0.05, 0) is 42.4 Å². The van der Waals surface area contributed by atoms with Gasteiger partial charge in [-0.2, -0.15) is 0 Å². The van der Waals surface area contributed by atoms with Crippen molar-refractivity contribution in [3.8, 4) is 0 Å². The van der Waals surface area contributed by atoms with E-state index in [2.05, 4.69) is 20.8 Å². The molecule has 0 heterocycles. The molecule has 2 heteroatoms. The van der Waals surface area contributed by atoms with E-state index >= 15 is 0 Å². The van der Waals surface area contributed by atoms with E-state index in [-0.39, 0.29) is 17.3 Å². The Morgan fingerprint density at radius 2 is 1.84 bits per heavy atom. The lowest BCUT2D eigenvalue weighted by Gasteiger charge is -2.39. The van der Waals surface area contributed by atoms with Crippen molar-refractivity contribution < 1.29 is 9.50 Å². The second kappa shape index (κ2) is 5.62. The van der Waals surface area contributed by atoms with Crippen LogP contribution in [0.1, 0.15) is 52.0 Å². The van der Waals surface area contributed by atoms with Gasteiger partial charge in [0.05, 0.1) is 6.10 Å². The molecule has 0 aromatic heterocycles. The molecular formula is C17H25FO. The zero-order valence-corrected chi connectivity index (χ0v) is 12.2. The molecule has 19 heavy (non-hydrogen) atoms. The summed E-state index contributed by atoms with van der Waals surface area (Å²) >= 11 is 0. The number of hydrogen-bond donors (Lipinski definition) is 1. The maximum atomic E-state index is 13.0. The van der Waals surface area contributed by atoms with Crippen molar-refractivity contribution in [3.05, 3.63) is 35.6 Å². The average Bonchev–Trinajstić information content (AvgIpc) is 2.38. The molecule has 1 N–H and O–H groups in total. The molecular weight excluding hydrogens is 239 g/mol. The van der Waals surface area contributed by atoms with Crippen LogP contribution in [0.3, 0.4) is 0 Å². The van der Waals surface area contributed by atoms with E-state index in [9.17, 15) is 9.50 Å². The molecule has 0 amide bonds. The first-order valence-corrected chi connectivity index (χ1v) is 7.35. The van der Waals surface area contributed by atoms with Crippen LogP contribution in [0.15, 0.2) is 24.3 Å². The highest BCUT2D eigenvalue weighted by Crippen LogP contribution is 2.38. The molecule has 1 aliphatic carbocycles. The van der Waals surface area contributed by atoms with Crippen LogP contribution in [0, 0.1) is 17.7 Å². The minimum absolute atomic E-state index is 0.222. The van der Waals surface area contributed by atoms with E-state index < -0.39 is 0 Å². The number of aliphatic hydroxyl groups is 1. The molecule has 3 unspecified atom stereocenters. The number of hydrogen-bond acceptors (Lipinski definition) is 1. The molecule has 0 spiro atoms. The van der Waals surface area contributed by atoms with Gasteiger partial charge in [0.2, 0.25) is 0 Å². The highest BCUT2D eigenvalue weighted by Gasteiger charge is 2.37. The fraction of sp³-hybridized carbons (Fsp3) is 0.647. The topological polar surface area (TPSA) is 20.2 Å². The Morgan fingerprint density at radius 1 is 1.21 bits per heavy atom. The van der Waals surface area contributed by atoms with Gasteiger partial charge >= 0.3 is 0 Å². The average molecular weight is 264 g/mol. The lowest BCUT2D eigenvalue weighted by Crippen LogP contribution is -2.41. The van der Waals surface area contributed by atoms with E-state index in [0.717, 1.165) is 18.4 Å². The molecule has 1 nitrogen and oxygen atoms in total. The van der Waals surface area contributed by atoms with Crippen LogP contribution in [0.5, 0.6) is 0 Å². The number of benzene rings is 1. The van der Waals surface area contributed by atoms with Gasteiger partial charge in [-0.25, -0.2) is 4.39 Å². The van der Waals surface area contributed by atoms with Crippen molar-refractivity contribution in [2.45, 2.75) is 58.0 Å². The van der Waals surface area contributed by atoms with Gasteiger partial charge < -0.3 is 5.11 Å². The summed E-state index contributed by atoms with van der Waals surface area (Å²) in [5.41, 5.74) is 0.690. The van der Waals surface area contributed by atoms with E-state index in [1.807, 2.05) is 0 Å². The largest absolute Gasteiger partial charge is 0.392 e. The van der Waals surface area contributed by atoms with Crippen LogP contribution in [0.4, 0.5) is 4.39 Å². The SMILES string of the molecule is CC1CCCC(C(O)C(C)(C)c2ccc(F)cc2)C1. The van der Waals surface area contributed by atoms with Crippen molar-refractivity contribution >= 4 is 0 Å². The second-order valence-electron chi connectivity index (χ2n) is 6.71. The van der Waals surface area contributed by atoms with Gasteiger partial charge in [0.25, 0.3) is 0 Å². The van der Waals surface area contributed by atoms with Gasteiger partial charge in [0.1, 0.15) is 5.82 Å². The Bertz CT molecular complexity index is 410. The number of aliphatic hydroxyl groups excluding tert-OH is 1. The van der Waals surface area contributed by atoms with Crippen molar-refractivity contribution in [2.75, 3.05) is 0 Å². The first-order valence-electron chi connectivity index (χ1n) is 7.35. The van der Waals surface area contributed by atoms with Crippen LogP contribution >= 0.6 is 0 Å². The van der Waals surface area contributed by atoms with Crippen molar-refractivity contribution in [1.82, 2.24) is 0 Å². The fourth-order valence-electron chi connectivity index (χ4n) is 3.41. The van der Waals surface area contributed by atoms with Crippen molar-refractivity contribution in [3.63, 3.8) is 0 Å². The Morgan fingerprint density at radius 3 is 2.42 bits per heavy atom. The molecule has 2 rings (SSSR count). The summed E-state index contributed by atoms with van der Waals surface area (Å²) in [6, 6.07) is 6.55. The van der Waals surface area contributed by atoms with Crippen LogP contribution in [-0.4, -0.2) is 11.2 Å². The Hall–Kier alpha value is -0.890.